The smallest absolute Gasteiger partial charge is 0.106 e. The van der Waals surface area contributed by atoms with Crippen molar-refractivity contribution < 1.29 is 4.79 Å². The highest BCUT2D eigenvalue weighted by molar-refractivity contribution is 5.75. The molecule has 0 aliphatic heterocycles. The second kappa shape index (κ2) is 414. The summed E-state index contributed by atoms with van der Waals surface area (Å²) in [4.78, 5) is 8.00. The molecule has 0 atom stereocenters. The fourth-order valence-corrected chi connectivity index (χ4v) is 0. The van der Waals surface area contributed by atoms with E-state index in [1.165, 1.54) is 0 Å². The molecular weight excluding hydrogens is 70.1 g/mol. The van der Waals surface area contributed by atoms with Gasteiger partial charge in [0, 0.05) is 11.0 Å². The molecule has 4 radical (unpaired) electrons. The molecule has 0 heterocycles. The van der Waals surface area contributed by atoms with Crippen LogP contribution in [-0.2, 0) is 4.79 Å². The maximum atomic E-state index is 8.00. The number of rotatable bonds is 0. The van der Waals surface area contributed by atoms with Gasteiger partial charge in [-0.15, -0.1) is 0 Å². The summed E-state index contributed by atoms with van der Waals surface area (Å²) in [5.41, 5.74) is 0. The highest BCUT2D eigenvalue weighted by Crippen LogP contribution is 0.494. The van der Waals surface area contributed by atoms with Crippen LogP contribution in [0.4, 0.5) is 0 Å². The maximum Gasteiger partial charge on any atom is 0.106 e. The summed E-state index contributed by atoms with van der Waals surface area (Å²) in [5.74, 6) is 0. The van der Waals surface area contributed by atoms with E-state index >= 15 is 0 Å². The van der Waals surface area contributed by atoms with Gasteiger partial charge in [0.25, 0.3) is 0 Å². The van der Waals surface area contributed by atoms with Crippen LogP contribution in [0.3, 0.4) is 0 Å². The summed E-state index contributed by atoms with van der Waals surface area (Å²) in [6, 6.07) is 0. The zero-order valence-electron chi connectivity index (χ0n) is 2.32. The minimum atomic E-state index is 0. The van der Waals surface area contributed by atoms with E-state index in [-0.39, 0.29) is 17.1 Å². The van der Waals surface area contributed by atoms with E-state index in [4.69, 9.17) is 4.79 Å². The van der Waals surface area contributed by atoms with E-state index in [1.807, 2.05) is 6.79 Å². The molecule has 0 aromatic rings. The van der Waals surface area contributed by atoms with E-state index in [1.54, 1.807) is 0 Å². The molecule has 4 heavy (non-hydrogen) atoms. The zero-order valence-corrected chi connectivity index (χ0v) is 3.32. The second-order valence-corrected chi connectivity index (χ2v) is 0. The average molecular weight is 75.1 g/mol. The van der Waals surface area contributed by atoms with Gasteiger partial charge in [0.15, 0.2) is 0 Å². The summed E-state index contributed by atoms with van der Waals surface area (Å²) < 4.78 is 0. The molecule has 0 unspecified atom stereocenters. The van der Waals surface area contributed by atoms with Crippen molar-refractivity contribution in [1.82, 2.24) is 6.15 Å². The Bertz CT molecular complexity index is 8.00. The predicted molar refractivity (Wildman–Crippen MR) is 17.9 cm³/mol. The fraction of sp³-hybridized carbons (Fsp3) is 0. The van der Waals surface area contributed by atoms with E-state index < -0.39 is 0 Å². The number of hydrogen-bond acceptors (Lipinski definition) is 2. The van der Waals surface area contributed by atoms with Crippen LogP contribution in [0.5, 0.6) is 0 Å². The Labute approximate surface area is 29.8 Å². The van der Waals surface area contributed by atoms with Gasteiger partial charge in [-0.3, -0.25) is 0 Å². The Kier molecular flexibility index (Phi) is 4500. The molecule has 0 aliphatic carbocycles. The predicted octanol–water partition coefficient (Wildman–Crippen LogP) is -0.404. The van der Waals surface area contributed by atoms with Gasteiger partial charge in [0.2, 0.25) is 0 Å². The minimum absolute atomic E-state index is 0. The number of hydrogen-bond donors (Lipinski definition) is 1. The Morgan fingerprint density at radius 2 is 1.25 bits per heavy atom. The number of carbonyl (C=O) groups excluding carboxylic acids is 1. The molecule has 0 aromatic carbocycles. The standard InChI is InChI=1S/CH2O.H3N.Si/c1-2;;/h1H2;1H3;. The van der Waals surface area contributed by atoms with E-state index in [0.717, 1.165) is 0 Å². The molecule has 0 fully saturated rings. The Morgan fingerprint density at radius 3 is 1.25 bits per heavy atom. The molecule has 0 spiro atoms. The molecule has 3 heteroatoms. The third-order valence-electron chi connectivity index (χ3n) is 0. The fourth-order valence-electron chi connectivity index (χ4n) is 0. The van der Waals surface area contributed by atoms with Crippen LogP contribution in [0.15, 0.2) is 0 Å². The summed E-state index contributed by atoms with van der Waals surface area (Å²) >= 11 is 0. The van der Waals surface area contributed by atoms with Crippen molar-refractivity contribution in [1.29, 1.82) is 0 Å². The van der Waals surface area contributed by atoms with Crippen LogP contribution in [0.2, 0.25) is 0 Å². The summed E-state index contributed by atoms with van der Waals surface area (Å²) in [6.07, 6.45) is 0. The first-order valence-corrected chi connectivity index (χ1v) is 0.289. The van der Waals surface area contributed by atoms with Crippen LogP contribution in [0, 0.1) is 0 Å². The normalized spacial score (nSPS) is 1.00. The molecule has 0 saturated heterocycles. The van der Waals surface area contributed by atoms with Crippen molar-refractivity contribution in [2.24, 2.45) is 0 Å². The van der Waals surface area contributed by atoms with Gasteiger partial charge in [-0.05, 0) is 0 Å². The summed E-state index contributed by atoms with van der Waals surface area (Å²) in [6.45, 7) is 2.00. The van der Waals surface area contributed by atoms with Gasteiger partial charge in [0.1, 0.15) is 6.79 Å². The monoisotopic (exact) mass is 75.0 g/mol. The molecule has 0 aromatic heterocycles. The lowest BCUT2D eigenvalue weighted by Gasteiger charge is -0.837. The van der Waals surface area contributed by atoms with Gasteiger partial charge in [-0.25, -0.2) is 0 Å². The minimum Gasteiger partial charge on any atom is -0.344 e. The summed E-state index contributed by atoms with van der Waals surface area (Å²) in [5, 5.41) is 0. The van der Waals surface area contributed by atoms with Gasteiger partial charge in [0.05, 0.1) is 0 Å². The molecule has 3 N–H and O–H groups in total. The first-order valence-electron chi connectivity index (χ1n) is 0.289. The van der Waals surface area contributed by atoms with Gasteiger partial charge >= 0.3 is 0 Å². The molecule has 24 valence electrons. The van der Waals surface area contributed by atoms with Crippen molar-refractivity contribution in [2.75, 3.05) is 0 Å². The van der Waals surface area contributed by atoms with E-state index in [2.05, 4.69) is 0 Å². The van der Waals surface area contributed by atoms with Crippen LogP contribution in [0.25, 0.3) is 0 Å². The van der Waals surface area contributed by atoms with Crippen molar-refractivity contribution in [3.63, 3.8) is 0 Å². The van der Waals surface area contributed by atoms with E-state index in [9.17, 15) is 0 Å². The van der Waals surface area contributed by atoms with Crippen molar-refractivity contribution >= 4 is 17.8 Å². The Morgan fingerprint density at radius 1 is 1.25 bits per heavy atom. The zero-order chi connectivity index (χ0) is 2.00. The van der Waals surface area contributed by atoms with Crippen molar-refractivity contribution in [3.05, 3.63) is 0 Å². The molecule has 0 rings (SSSR count). The molecule has 0 aliphatic rings. The molecule has 0 bridgehead atoms. The topological polar surface area (TPSA) is 52.1 Å². The van der Waals surface area contributed by atoms with Crippen LogP contribution in [0.1, 0.15) is 0 Å². The molecular formula is CH5NOSi. The summed E-state index contributed by atoms with van der Waals surface area (Å²) in [7, 11) is 0. The van der Waals surface area contributed by atoms with Crippen LogP contribution >= 0.6 is 0 Å². The third kappa shape index (κ3) is 56.5. The highest BCUT2D eigenvalue weighted by atomic mass is 28.1. The third-order valence-corrected chi connectivity index (χ3v) is 0. The average Bonchev–Trinajstić information content (AvgIpc) is 1.00. The van der Waals surface area contributed by atoms with E-state index in [0.29, 0.717) is 0 Å². The Balaban J connectivity index is -0.00000000500. The van der Waals surface area contributed by atoms with Crippen LogP contribution in [-0.4, -0.2) is 17.8 Å². The Hall–Kier alpha value is -0.153. The first kappa shape index (κ1) is 43.5. The largest absolute Gasteiger partial charge is 0.344 e. The van der Waals surface area contributed by atoms with Gasteiger partial charge < -0.3 is 10.9 Å². The molecule has 0 amide bonds. The van der Waals surface area contributed by atoms with Crippen LogP contribution < -0.4 is 6.15 Å². The first-order chi connectivity index (χ1) is 1.00. The highest BCUT2D eigenvalue weighted by Gasteiger charge is 0.636. The SMILES string of the molecule is C=O.N.[Si]. The molecule has 2 nitrogen and oxygen atoms in total. The maximum absolute atomic E-state index is 8.00. The molecule has 0 saturated carbocycles. The quantitative estimate of drug-likeness (QED) is 0.398. The number of carbonyl (C=O) groups is 1. The van der Waals surface area contributed by atoms with Crippen molar-refractivity contribution in [2.45, 2.75) is 0 Å². The lowest BCUT2D eigenvalue weighted by atomic mass is 11.9. The van der Waals surface area contributed by atoms with Gasteiger partial charge in [-0.2, -0.15) is 0 Å². The van der Waals surface area contributed by atoms with Gasteiger partial charge in [-0.1, -0.05) is 0 Å². The lowest BCUT2D eigenvalue weighted by molar-refractivity contribution is -0.0979. The lowest BCUT2D eigenvalue weighted by Crippen LogP contribution is -0.925. The van der Waals surface area contributed by atoms with Crippen molar-refractivity contribution in [3.8, 4) is 0 Å². The second-order valence-electron chi connectivity index (χ2n) is 0.